The molecule has 1 aliphatic rings. The second kappa shape index (κ2) is 8.04. The fraction of sp³-hybridized carbons (Fsp3) is 0.562. The number of halogens is 1. The molecule has 134 valence electrons. The van der Waals surface area contributed by atoms with Crippen molar-refractivity contribution in [3.63, 3.8) is 0 Å². The van der Waals surface area contributed by atoms with Gasteiger partial charge in [0, 0.05) is 32.7 Å². The molecule has 1 aromatic carbocycles. The largest absolute Gasteiger partial charge is 0.355 e. The molecular formula is C16H24FN3O3S. The average Bonchev–Trinajstić information content (AvgIpc) is 2.59. The molecule has 0 aliphatic carbocycles. The van der Waals surface area contributed by atoms with Crippen LogP contribution in [0.2, 0.25) is 0 Å². The van der Waals surface area contributed by atoms with Gasteiger partial charge in [-0.2, -0.15) is 4.31 Å². The molecule has 1 atom stereocenters. The molecule has 1 aliphatic heterocycles. The van der Waals surface area contributed by atoms with Crippen molar-refractivity contribution in [2.45, 2.75) is 31.2 Å². The molecule has 0 unspecified atom stereocenters. The van der Waals surface area contributed by atoms with Crippen molar-refractivity contribution in [3.05, 3.63) is 30.1 Å². The van der Waals surface area contributed by atoms with E-state index in [0.29, 0.717) is 19.6 Å². The highest BCUT2D eigenvalue weighted by atomic mass is 32.2. The van der Waals surface area contributed by atoms with Gasteiger partial charge in [0.15, 0.2) is 0 Å². The van der Waals surface area contributed by atoms with Crippen LogP contribution < -0.4 is 5.32 Å². The minimum absolute atomic E-state index is 0.0535. The highest BCUT2D eigenvalue weighted by Gasteiger charge is 2.32. The Bertz CT molecular complexity index is 673. The quantitative estimate of drug-likeness (QED) is 0.826. The first-order valence-corrected chi connectivity index (χ1v) is 9.58. The molecule has 1 aromatic rings. The number of nitrogens with one attached hydrogen (secondary N) is 1. The summed E-state index contributed by atoms with van der Waals surface area (Å²) in [6, 6.07) is 5.07. The number of benzene rings is 1. The van der Waals surface area contributed by atoms with Crippen LogP contribution in [0.15, 0.2) is 29.2 Å². The van der Waals surface area contributed by atoms with Gasteiger partial charge >= 0.3 is 0 Å². The van der Waals surface area contributed by atoms with E-state index in [2.05, 4.69) is 5.32 Å². The summed E-state index contributed by atoms with van der Waals surface area (Å²) in [7, 11) is -3.85. The number of rotatable bonds is 6. The fourth-order valence-electron chi connectivity index (χ4n) is 2.69. The standard InChI is InChI=1S/C16H24FN3O3S/c1-3-8-18-16(21)13(2)19-9-11-20(12-10-19)24(22,23)15-7-5-4-6-14(15)17/h4-7,13H,3,8-12H2,1-2H3,(H,18,21)/t13-/m1/s1. The zero-order chi connectivity index (χ0) is 17.7. The van der Waals surface area contributed by atoms with E-state index in [1.54, 1.807) is 0 Å². The van der Waals surface area contributed by atoms with Crippen LogP contribution in [-0.2, 0) is 14.8 Å². The molecule has 1 amide bonds. The van der Waals surface area contributed by atoms with Crippen LogP contribution in [0.1, 0.15) is 20.3 Å². The smallest absolute Gasteiger partial charge is 0.246 e. The zero-order valence-electron chi connectivity index (χ0n) is 14.0. The predicted molar refractivity (Wildman–Crippen MR) is 89.5 cm³/mol. The number of hydrogen-bond donors (Lipinski definition) is 1. The van der Waals surface area contributed by atoms with Crippen LogP contribution in [-0.4, -0.2) is 62.3 Å². The molecular weight excluding hydrogens is 333 g/mol. The Hall–Kier alpha value is -1.51. The van der Waals surface area contributed by atoms with Crippen molar-refractivity contribution in [2.75, 3.05) is 32.7 Å². The molecule has 1 heterocycles. The summed E-state index contributed by atoms with van der Waals surface area (Å²) in [6.07, 6.45) is 0.868. The number of carbonyl (C=O) groups is 1. The Morgan fingerprint density at radius 2 is 1.88 bits per heavy atom. The lowest BCUT2D eigenvalue weighted by Crippen LogP contribution is -2.55. The van der Waals surface area contributed by atoms with E-state index in [1.165, 1.54) is 22.5 Å². The minimum Gasteiger partial charge on any atom is -0.355 e. The van der Waals surface area contributed by atoms with Gasteiger partial charge in [0.1, 0.15) is 10.7 Å². The lowest BCUT2D eigenvalue weighted by molar-refractivity contribution is -0.126. The second-order valence-corrected chi connectivity index (χ2v) is 7.74. The summed E-state index contributed by atoms with van der Waals surface area (Å²) < 4.78 is 40.2. The number of amides is 1. The summed E-state index contributed by atoms with van der Waals surface area (Å²) in [4.78, 5) is 13.7. The Kier molecular flexibility index (Phi) is 6.31. The van der Waals surface area contributed by atoms with Gasteiger partial charge in [0.25, 0.3) is 0 Å². The molecule has 0 saturated carbocycles. The molecule has 0 aromatic heterocycles. The summed E-state index contributed by atoms with van der Waals surface area (Å²) >= 11 is 0. The van der Waals surface area contributed by atoms with Crippen molar-refractivity contribution in [1.29, 1.82) is 0 Å². The van der Waals surface area contributed by atoms with Crippen LogP contribution in [0.4, 0.5) is 4.39 Å². The molecule has 1 fully saturated rings. The summed E-state index contributed by atoms with van der Waals surface area (Å²) in [5.41, 5.74) is 0. The van der Waals surface area contributed by atoms with E-state index in [4.69, 9.17) is 0 Å². The number of hydrogen-bond acceptors (Lipinski definition) is 4. The highest BCUT2D eigenvalue weighted by molar-refractivity contribution is 7.89. The molecule has 0 bridgehead atoms. The number of piperazine rings is 1. The highest BCUT2D eigenvalue weighted by Crippen LogP contribution is 2.20. The summed E-state index contributed by atoms with van der Waals surface area (Å²) in [5, 5.41) is 2.84. The van der Waals surface area contributed by atoms with Gasteiger partial charge in [-0.25, -0.2) is 12.8 Å². The third kappa shape index (κ3) is 4.12. The number of sulfonamides is 1. The van der Waals surface area contributed by atoms with E-state index in [1.807, 2.05) is 18.7 Å². The molecule has 24 heavy (non-hydrogen) atoms. The van der Waals surface area contributed by atoms with Crippen LogP contribution in [0, 0.1) is 5.82 Å². The van der Waals surface area contributed by atoms with Gasteiger partial charge in [-0.05, 0) is 25.5 Å². The van der Waals surface area contributed by atoms with Crippen LogP contribution in [0.5, 0.6) is 0 Å². The van der Waals surface area contributed by atoms with Crippen LogP contribution in [0.25, 0.3) is 0 Å². The zero-order valence-corrected chi connectivity index (χ0v) is 14.9. The lowest BCUT2D eigenvalue weighted by atomic mass is 10.2. The van der Waals surface area contributed by atoms with E-state index in [9.17, 15) is 17.6 Å². The maximum atomic E-state index is 13.8. The average molecular weight is 357 g/mol. The van der Waals surface area contributed by atoms with Gasteiger partial charge in [-0.1, -0.05) is 19.1 Å². The first-order valence-electron chi connectivity index (χ1n) is 8.14. The molecule has 1 N–H and O–H groups in total. The summed E-state index contributed by atoms with van der Waals surface area (Å²) in [6.45, 7) is 5.78. The topological polar surface area (TPSA) is 69.7 Å². The Labute approximate surface area is 142 Å². The summed E-state index contributed by atoms with van der Waals surface area (Å²) in [5.74, 6) is -0.797. The van der Waals surface area contributed by atoms with Crippen molar-refractivity contribution in [1.82, 2.24) is 14.5 Å². The normalized spacial score (nSPS) is 18.3. The van der Waals surface area contributed by atoms with Gasteiger partial charge in [0.2, 0.25) is 15.9 Å². The van der Waals surface area contributed by atoms with E-state index in [0.717, 1.165) is 12.5 Å². The monoisotopic (exact) mass is 357 g/mol. The minimum atomic E-state index is -3.85. The van der Waals surface area contributed by atoms with Gasteiger partial charge in [-0.3, -0.25) is 9.69 Å². The molecule has 1 saturated heterocycles. The Balaban J connectivity index is 2.00. The third-order valence-electron chi connectivity index (χ3n) is 4.20. The van der Waals surface area contributed by atoms with Gasteiger partial charge in [0.05, 0.1) is 6.04 Å². The molecule has 0 radical (unpaired) electrons. The molecule has 0 spiro atoms. The third-order valence-corrected chi connectivity index (χ3v) is 6.14. The van der Waals surface area contributed by atoms with E-state index >= 15 is 0 Å². The predicted octanol–water partition coefficient (Wildman–Crippen LogP) is 1.05. The van der Waals surface area contributed by atoms with Crippen molar-refractivity contribution >= 4 is 15.9 Å². The first kappa shape index (κ1) is 18.8. The molecule has 8 heteroatoms. The number of carbonyl (C=O) groups excluding carboxylic acids is 1. The maximum Gasteiger partial charge on any atom is 0.246 e. The van der Waals surface area contributed by atoms with Crippen molar-refractivity contribution < 1.29 is 17.6 Å². The molecule has 2 rings (SSSR count). The Morgan fingerprint density at radius 1 is 1.25 bits per heavy atom. The van der Waals surface area contributed by atoms with E-state index < -0.39 is 15.8 Å². The molecule has 6 nitrogen and oxygen atoms in total. The van der Waals surface area contributed by atoms with Crippen LogP contribution in [0.3, 0.4) is 0 Å². The maximum absolute atomic E-state index is 13.8. The van der Waals surface area contributed by atoms with E-state index in [-0.39, 0.29) is 29.9 Å². The van der Waals surface area contributed by atoms with Crippen LogP contribution >= 0.6 is 0 Å². The second-order valence-electron chi connectivity index (χ2n) is 5.84. The SMILES string of the molecule is CCCNC(=O)[C@@H](C)N1CCN(S(=O)(=O)c2ccccc2F)CC1. The Morgan fingerprint density at radius 3 is 2.46 bits per heavy atom. The van der Waals surface area contributed by atoms with Gasteiger partial charge < -0.3 is 5.32 Å². The first-order chi connectivity index (χ1) is 11.4. The lowest BCUT2D eigenvalue weighted by Gasteiger charge is -2.36. The number of nitrogens with zero attached hydrogens (tertiary/aromatic N) is 2. The van der Waals surface area contributed by atoms with Gasteiger partial charge in [-0.15, -0.1) is 0 Å². The van der Waals surface area contributed by atoms with Crippen molar-refractivity contribution in [3.8, 4) is 0 Å². The van der Waals surface area contributed by atoms with Crippen molar-refractivity contribution in [2.24, 2.45) is 0 Å². The fourth-order valence-corrected chi connectivity index (χ4v) is 4.17.